The number of nitrogens with zero attached hydrogens (tertiary/aromatic N) is 1. The molecule has 0 spiro atoms. The van der Waals surface area contributed by atoms with Gasteiger partial charge in [0.25, 0.3) is 5.91 Å². The second kappa shape index (κ2) is 8.05. The first-order valence-electron chi connectivity index (χ1n) is 9.55. The lowest BCUT2D eigenvalue weighted by atomic mass is 9.87. The number of carbonyl (C=O) groups excluding carboxylic acids is 1. The van der Waals surface area contributed by atoms with E-state index >= 15 is 0 Å². The number of benzene rings is 2. The zero-order valence-corrected chi connectivity index (χ0v) is 16.5. The van der Waals surface area contributed by atoms with Crippen LogP contribution in [0.5, 0.6) is 0 Å². The van der Waals surface area contributed by atoms with Gasteiger partial charge in [-0.3, -0.25) is 9.59 Å². The largest absolute Gasteiger partial charge is 0.481 e. The number of aliphatic carboxylic acids is 2. The van der Waals surface area contributed by atoms with Crippen LogP contribution in [-0.4, -0.2) is 38.5 Å². The molecule has 0 aliphatic carbocycles. The minimum Gasteiger partial charge on any atom is -0.481 e. The number of likely N-dealkylation sites (tertiary alicyclic amines) is 1. The van der Waals surface area contributed by atoms with Crippen molar-refractivity contribution in [2.75, 3.05) is 0 Å². The quantitative estimate of drug-likeness (QED) is 0.733. The van der Waals surface area contributed by atoms with E-state index in [0.29, 0.717) is 5.56 Å². The molecule has 2 aromatic rings. The summed E-state index contributed by atoms with van der Waals surface area (Å²) in [6.07, 6.45) is -4.98. The van der Waals surface area contributed by atoms with Crippen molar-refractivity contribution in [3.8, 4) is 0 Å². The fourth-order valence-electron chi connectivity index (χ4n) is 4.19. The van der Waals surface area contributed by atoms with Crippen molar-refractivity contribution in [3.05, 3.63) is 71.3 Å². The zero-order chi connectivity index (χ0) is 23.0. The Balaban J connectivity index is 2.16. The van der Waals surface area contributed by atoms with Crippen molar-refractivity contribution in [2.24, 2.45) is 5.92 Å². The van der Waals surface area contributed by atoms with Crippen LogP contribution in [0.3, 0.4) is 0 Å². The maximum Gasteiger partial charge on any atom is 0.416 e. The van der Waals surface area contributed by atoms with E-state index in [-0.39, 0.29) is 18.4 Å². The van der Waals surface area contributed by atoms with Crippen molar-refractivity contribution < 1.29 is 37.8 Å². The summed E-state index contributed by atoms with van der Waals surface area (Å²) in [6.45, 7) is 1.54. The van der Waals surface area contributed by atoms with E-state index in [2.05, 4.69) is 0 Å². The minimum absolute atomic E-state index is 0.0676. The van der Waals surface area contributed by atoms with Gasteiger partial charge < -0.3 is 15.1 Å². The smallest absolute Gasteiger partial charge is 0.416 e. The third kappa shape index (κ3) is 3.87. The third-order valence-electron chi connectivity index (χ3n) is 5.80. The summed E-state index contributed by atoms with van der Waals surface area (Å²) >= 11 is 0. The fraction of sp³-hybridized carbons (Fsp3) is 0.318. The van der Waals surface area contributed by atoms with E-state index in [9.17, 15) is 37.8 Å². The Morgan fingerprint density at radius 2 is 1.61 bits per heavy atom. The van der Waals surface area contributed by atoms with Gasteiger partial charge in [-0.05, 0) is 42.7 Å². The molecule has 164 valence electrons. The highest BCUT2D eigenvalue weighted by atomic mass is 19.4. The number of amides is 1. The molecule has 0 bridgehead atoms. The molecule has 1 aliphatic rings. The second-order valence-electron chi connectivity index (χ2n) is 7.44. The third-order valence-corrected chi connectivity index (χ3v) is 5.80. The minimum atomic E-state index is -4.59. The summed E-state index contributed by atoms with van der Waals surface area (Å²) in [5, 5.41) is 19.8. The predicted octanol–water partition coefficient (Wildman–Crippen LogP) is 4.23. The maximum absolute atomic E-state index is 13.4. The summed E-state index contributed by atoms with van der Waals surface area (Å²) < 4.78 is 38.7. The number of halogens is 3. The average Bonchev–Trinajstić information content (AvgIpc) is 3.10. The lowest BCUT2D eigenvalue weighted by molar-refractivity contribution is -0.149. The average molecular weight is 435 g/mol. The van der Waals surface area contributed by atoms with Gasteiger partial charge in [0.15, 0.2) is 0 Å². The van der Waals surface area contributed by atoms with E-state index in [1.165, 1.54) is 6.92 Å². The number of carboxylic acid groups (broad SMARTS) is 2. The molecule has 6 nitrogen and oxygen atoms in total. The highest BCUT2D eigenvalue weighted by Crippen LogP contribution is 2.49. The summed E-state index contributed by atoms with van der Waals surface area (Å²) in [5.74, 6) is -4.65. The van der Waals surface area contributed by atoms with E-state index in [0.717, 1.165) is 29.2 Å². The van der Waals surface area contributed by atoms with E-state index in [1.807, 2.05) is 0 Å². The van der Waals surface area contributed by atoms with E-state index < -0.39 is 47.1 Å². The van der Waals surface area contributed by atoms with Crippen molar-refractivity contribution >= 4 is 17.8 Å². The van der Waals surface area contributed by atoms with E-state index in [1.54, 1.807) is 30.3 Å². The highest BCUT2D eigenvalue weighted by molar-refractivity contribution is 5.99. The van der Waals surface area contributed by atoms with Crippen LogP contribution in [-0.2, 0) is 15.8 Å². The molecular formula is C22H20F3NO5. The number of carbonyl (C=O) groups is 3. The Morgan fingerprint density at radius 3 is 2.06 bits per heavy atom. The van der Waals surface area contributed by atoms with Crippen LogP contribution in [0.4, 0.5) is 13.2 Å². The van der Waals surface area contributed by atoms with Crippen LogP contribution in [0.25, 0.3) is 0 Å². The maximum atomic E-state index is 13.4. The van der Waals surface area contributed by atoms with Gasteiger partial charge in [0.05, 0.1) is 17.5 Å². The van der Waals surface area contributed by atoms with Gasteiger partial charge in [-0.15, -0.1) is 0 Å². The Bertz CT molecular complexity index is 990. The second-order valence-corrected chi connectivity index (χ2v) is 7.44. The molecular weight excluding hydrogens is 415 g/mol. The van der Waals surface area contributed by atoms with Crippen LogP contribution < -0.4 is 0 Å². The van der Waals surface area contributed by atoms with Crippen molar-refractivity contribution in [2.45, 2.75) is 37.5 Å². The molecule has 3 atom stereocenters. The number of alkyl halides is 3. The van der Waals surface area contributed by atoms with Crippen LogP contribution >= 0.6 is 0 Å². The Hall–Kier alpha value is -3.36. The molecule has 1 aliphatic heterocycles. The SMILES string of the molecule is CC[C@@]1(C(=O)O)C[C@H](C(=O)O)[C@H](c2ccccc2)N1C(=O)c1ccc(C(F)(F)F)cc1. The first-order chi connectivity index (χ1) is 14.5. The summed E-state index contributed by atoms with van der Waals surface area (Å²) in [4.78, 5) is 38.8. The molecule has 9 heteroatoms. The lowest BCUT2D eigenvalue weighted by Gasteiger charge is -2.37. The van der Waals surface area contributed by atoms with Crippen LogP contribution in [0.2, 0.25) is 0 Å². The van der Waals surface area contributed by atoms with Gasteiger partial charge in [-0.2, -0.15) is 13.2 Å². The summed E-state index contributed by atoms with van der Waals surface area (Å²) in [7, 11) is 0. The number of hydrogen-bond acceptors (Lipinski definition) is 3. The fourth-order valence-corrected chi connectivity index (χ4v) is 4.19. The Kier molecular flexibility index (Phi) is 5.80. The Labute approximate surface area is 175 Å². The molecule has 0 unspecified atom stereocenters. The van der Waals surface area contributed by atoms with Crippen molar-refractivity contribution in [3.63, 3.8) is 0 Å². The first-order valence-corrected chi connectivity index (χ1v) is 9.55. The van der Waals surface area contributed by atoms with Gasteiger partial charge in [0, 0.05) is 5.56 Å². The van der Waals surface area contributed by atoms with Gasteiger partial charge in [0.1, 0.15) is 5.54 Å². The molecule has 2 aromatic carbocycles. The number of rotatable bonds is 5. The topological polar surface area (TPSA) is 94.9 Å². The molecule has 3 rings (SSSR count). The summed E-state index contributed by atoms with van der Waals surface area (Å²) in [6, 6.07) is 10.5. The lowest BCUT2D eigenvalue weighted by Crippen LogP contribution is -2.53. The van der Waals surface area contributed by atoms with Crippen molar-refractivity contribution in [1.82, 2.24) is 4.90 Å². The predicted molar refractivity (Wildman–Crippen MR) is 103 cm³/mol. The highest BCUT2D eigenvalue weighted by Gasteiger charge is 2.60. The first kappa shape index (κ1) is 22.3. The van der Waals surface area contributed by atoms with Crippen LogP contribution in [0.15, 0.2) is 54.6 Å². The molecule has 1 amide bonds. The summed E-state index contributed by atoms with van der Waals surface area (Å²) in [5.41, 5.74) is -2.48. The molecule has 0 saturated carbocycles. The van der Waals surface area contributed by atoms with Crippen molar-refractivity contribution in [1.29, 1.82) is 0 Å². The monoisotopic (exact) mass is 435 g/mol. The molecule has 0 radical (unpaired) electrons. The van der Waals surface area contributed by atoms with Crippen LogP contribution in [0.1, 0.15) is 47.3 Å². The molecule has 1 heterocycles. The van der Waals surface area contributed by atoms with E-state index in [4.69, 9.17) is 0 Å². The van der Waals surface area contributed by atoms with Gasteiger partial charge in [0.2, 0.25) is 0 Å². The molecule has 0 aromatic heterocycles. The standard InChI is InChI=1S/C22H20F3NO5/c1-2-21(20(30)31)12-16(19(28)29)17(13-6-4-3-5-7-13)26(21)18(27)14-8-10-15(11-9-14)22(23,24)25/h3-11,16-17H,2,12H2,1H3,(H,28,29)(H,30,31)/t16-,17-,21-/m0/s1. The van der Waals surface area contributed by atoms with Gasteiger partial charge >= 0.3 is 18.1 Å². The molecule has 1 fully saturated rings. The Morgan fingerprint density at radius 1 is 1.03 bits per heavy atom. The van der Waals surface area contributed by atoms with Gasteiger partial charge in [-0.25, -0.2) is 4.79 Å². The normalized spacial score (nSPS) is 23.5. The zero-order valence-electron chi connectivity index (χ0n) is 16.5. The molecule has 1 saturated heterocycles. The number of carboxylic acids is 2. The van der Waals surface area contributed by atoms with Crippen LogP contribution in [0, 0.1) is 5.92 Å². The molecule has 31 heavy (non-hydrogen) atoms. The van der Waals surface area contributed by atoms with Gasteiger partial charge in [-0.1, -0.05) is 37.3 Å². The molecule has 2 N–H and O–H groups in total. The number of hydrogen-bond donors (Lipinski definition) is 2.